The average molecular weight is 273 g/mol. The first-order valence-electron chi connectivity index (χ1n) is 5.60. The summed E-state index contributed by atoms with van der Waals surface area (Å²) in [4.78, 5) is 8.55. The van der Waals surface area contributed by atoms with Crippen molar-refractivity contribution in [1.29, 1.82) is 0 Å². The van der Waals surface area contributed by atoms with Crippen molar-refractivity contribution in [3.05, 3.63) is 53.7 Å². The number of phenols is 1. The molecule has 3 aromatic rings. The first-order chi connectivity index (χ1) is 9.22. The first kappa shape index (κ1) is 11.7. The molecule has 1 aromatic heterocycles. The maximum Gasteiger partial charge on any atom is 0.238 e. The quantitative estimate of drug-likeness (QED) is 0.771. The predicted molar refractivity (Wildman–Crippen MR) is 72.7 cm³/mol. The summed E-state index contributed by atoms with van der Waals surface area (Å²) in [6.07, 6.45) is 1.51. The highest BCUT2D eigenvalue weighted by Crippen LogP contribution is 2.25. The minimum absolute atomic E-state index is 0.184. The van der Waals surface area contributed by atoms with E-state index in [0.717, 1.165) is 0 Å². The Bertz CT molecular complexity index is 729. The number of hydrogen-bond acceptors (Lipinski definition) is 4. The number of benzene rings is 2. The van der Waals surface area contributed by atoms with Gasteiger partial charge in [0, 0.05) is 0 Å². The normalized spacial score (nSPS) is 10.6. The van der Waals surface area contributed by atoms with Gasteiger partial charge in [0.2, 0.25) is 5.88 Å². The fraction of sp³-hybridized carbons (Fsp3) is 0. The summed E-state index contributed by atoms with van der Waals surface area (Å²) < 4.78 is 5.55. The lowest BCUT2D eigenvalue weighted by atomic mass is 10.3. The molecule has 0 saturated carbocycles. The lowest BCUT2D eigenvalue weighted by Gasteiger charge is -2.05. The van der Waals surface area contributed by atoms with Crippen molar-refractivity contribution in [2.24, 2.45) is 0 Å². The first-order valence-corrected chi connectivity index (χ1v) is 5.98. The Labute approximate surface area is 114 Å². The van der Waals surface area contributed by atoms with Gasteiger partial charge in [0.15, 0.2) is 0 Å². The van der Waals surface area contributed by atoms with Gasteiger partial charge >= 0.3 is 0 Å². The molecule has 0 bridgehead atoms. The van der Waals surface area contributed by atoms with E-state index in [9.17, 15) is 5.11 Å². The molecule has 0 spiro atoms. The topological polar surface area (TPSA) is 55.2 Å². The second kappa shape index (κ2) is 4.74. The molecular weight excluding hydrogens is 264 g/mol. The number of halogens is 1. The molecule has 94 valence electrons. The maximum atomic E-state index is 9.20. The number of ether oxygens (including phenoxy) is 1. The van der Waals surface area contributed by atoms with Gasteiger partial charge in [-0.2, -0.15) is 0 Å². The van der Waals surface area contributed by atoms with E-state index in [-0.39, 0.29) is 5.75 Å². The SMILES string of the molecule is Oc1ccc(Oc2cnc3c(Cl)cccc3n2)cc1. The highest BCUT2D eigenvalue weighted by atomic mass is 35.5. The minimum atomic E-state index is 0.184. The summed E-state index contributed by atoms with van der Waals surface area (Å²) in [5.41, 5.74) is 1.31. The van der Waals surface area contributed by atoms with Crippen LogP contribution in [-0.4, -0.2) is 15.1 Å². The van der Waals surface area contributed by atoms with Crippen LogP contribution in [0.15, 0.2) is 48.7 Å². The molecule has 5 heteroatoms. The Morgan fingerprint density at radius 1 is 1.05 bits per heavy atom. The van der Waals surface area contributed by atoms with Crippen molar-refractivity contribution in [1.82, 2.24) is 9.97 Å². The predicted octanol–water partition coefficient (Wildman–Crippen LogP) is 3.78. The Morgan fingerprint density at radius 2 is 1.84 bits per heavy atom. The highest BCUT2D eigenvalue weighted by Gasteiger charge is 2.04. The monoisotopic (exact) mass is 272 g/mol. The van der Waals surface area contributed by atoms with Crippen LogP contribution in [0.25, 0.3) is 11.0 Å². The van der Waals surface area contributed by atoms with Crippen molar-refractivity contribution in [2.75, 3.05) is 0 Å². The van der Waals surface area contributed by atoms with E-state index in [1.165, 1.54) is 6.20 Å². The van der Waals surface area contributed by atoms with Gasteiger partial charge in [-0.05, 0) is 36.4 Å². The van der Waals surface area contributed by atoms with Crippen LogP contribution in [0.4, 0.5) is 0 Å². The molecular formula is C14H9ClN2O2. The molecule has 0 aliphatic rings. The number of para-hydroxylation sites is 1. The third-order valence-electron chi connectivity index (χ3n) is 2.56. The van der Waals surface area contributed by atoms with Crippen LogP contribution in [-0.2, 0) is 0 Å². The minimum Gasteiger partial charge on any atom is -0.508 e. The van der Waals surface area contributed by atoms with Crippen LogP contribution in [0.3, 0.4) is 0 Å². The highest BCUT2D eigenvalue weighted by molar-refractivity contribution is 6.34. The molecule has 0 radical (unpaired) electrons. The van der Waals surface area contributed by atoms with E-state index < -0.39 is 0 Å². The third-order valence-corrected chi connectivity index (χ3v) is 2.86. The van der Waals surface area contributed by atoms with Crippen LogP contribution in [0.1, 0.15) is 0 Å². The van der Waals surface area contributed by atoms with E-state index in [1.807, 2.05) is 12.1 Å². The molecule has 4 nitrogen and oxygen atoms in total. The zero-order chi connectivity index (χ0) is 13.2. The van der Waals surface area contributed by atoms with Crippen LogP contribution in [0.5, 0.6) is 17.4 Å². The van der Waals surface area contributed by atoms with Crippen LogP contribution in [0, 0.1) is 0 Å². The molecule has 0 unspecified atom stereocenters. The molecule has 0 saturated heterocycles. The van der Waals surface area contributed by atoms with Gasteiger partial charge in [0.25, 0.3) is 0 Å². The number of phenolic OH excluding ortho intramolecular Hbond substituents is 1. The summed E-state index contributed by atoms with van der Waals surface area (Å²) >= 11 is 6.02. The standard InChI is InChI=1S/C14H9ClN2O2/c15-11-2-1-3-12-14(11)16-8-13(17-12)19-10-6-4-9(18)5-7-10/h1-8,18H. The van der Waals surface area contributed by atoms with Gasteiger partial charge in [-0.15, -0.1) is 0 Å². The smallest absolute Gasteiger partial charge is 0.238 e. The number of aromatic nitrogens is 2. The Hall–Kier alpha value is -2.33. The molecule has 2 aromatic carbocycles. The lowest BCUT2D eigenvalue weighted by Crippen LogP contribution is -1.91. The number of hydrogen-bond donors (Lipinski definition) is 1. The summed E-state index contributed by atoms with van der Waals surface area (Å²) in [5, 5.41) is 9.75. The zero-order valence-electron chi connectivity index (χ0n) is 9.75. The van der Waals surface area contributed by atoms with Gasteiger partial charge < -0.3 is 9.84 Å². The van der Waals surface area contributed by atoms with E-state index in [4.69, 9.17) is 16.3 Å². The summed E-state index contributed by atoms with van der Waals surface area (Å²) in [5.74, 6) is 1.14. The largest absolute Gasteiger partial charge is 0.508 e. The van der Waals surface area contributed by atoms with Gasteiger partial charge in [-0.1, -0.05) is 17.7 Å². The Morgan fingerprint density at radius 3 is 2.63 bits per heavy atom. The third kappa shape index (κ3) is 2.44. The van der Waals surface area contributed by atoms with E-state index in [0.29, 0.717) is 27.7 Å². The van der Waals surface area contributed by atoms with Crippen molar-refractivity contribution < 1.29 is 9.84 Å². The number of nitrogens with zero attached hydrogens (tertiary/aromatic N) is 2. The van der Waals surface area contributed by atoms with E-state index in [1.54, 1.807) is 30.3 Å². The van der Waals surface area contributed by atoms with Crippen LogP contribution in [0.2, 0.25) is 5.02 Å². The number of aromatic hydroxyl groups is 1. The number of fused-ring (bicyclic) bond motifs is 1. The fourth-order valence-corrected chi connectivity index (χ4v) is 1.89. The van der Waals surface area contributed by atoms with Crippen molar-refractivity contribution in [2.45, 2.75) is 0 Å². The zero-order valence-corrected chi connectivity index (χ0v) is 10.5. The average Bonchev–Trinajstić information content (AvgIpc) is 2.42. The van der Waals surface area contributed by atoms with E-state index in [2.05, 4.69) is 9.97 Å². The Balaban J connectivity index is 1.95. The van der Waals surface area contributed by atoms with Crippen molar-refractivity contribution in [3.63, 3.8) is 0 Å². The summed E-state index contributed by atoms with van der Waals surface area (Å²) in [7, 11) is 0. The molecule has 0 amide bonds. The maximum absolute atomic E-state index is 9.20. The van der Waals surface area contributed by atoms with Crippen molar-refractivity contribution >= 4 is 22.6 Å². The summed E-state index contributed by atoms with van der Waals surface area (Å²) in [6, 6.07) is 11.8. The van der Waals surface area contributed by atoms with Gasteiger partial charge in [-0.3, -0.25) is 0 Å². The van der Waals surface area contributed by atoms with Gasteiger partial charge in [0.1, 0.15) is 17.0 Å². The fourth-order valence-electron chi connectivity index (χ4n) is 1.67. The summed E-state index contributed by atoms with van der Waals surface area (Å²) in [6.45, 7) is 0. The molecule has 0 aliphatic carbocycles. The molecule has 0 fully saturated rings. The molecule has 1 N–H and O–H groups in total. The van der Waals surface area contributed by atoms with Gasteiger partial charge in [0.05, 0.1) is 16.7 Å². The van der Waals surface area contributed by atoms with Crippen LogP contribution < -0.4 is 4.74 Å². The molecule has 1 heterocycles. The molecule has 0 atom stereocenters. The second-order valence-electron chi connectivity index (χ2n) is 3.91. The molecule has 3 rings (SSSR count). The molecule has 0 aliphatic heterocycles. The van der Waals surface area contributed by atoms with Gasteiger partial charge in [-0.25, -0.2) is 9.97 Å². The lowest BCUT2D eigenvalue weighted by molar-refractivity contribution is 0.454. The number of rotatable bonds is 2. The van der Waals surface area contributed by atoms with Crippen molar-refractivity contribution in [3.8, 4) is 17.4 Å². The van der Waals surface area contributed by atoms with Crippen LogP contribution >= 0.6 is 11.6 Å². The second-order valence-corrected chi connectivity index (χ2v) is 4.32. The molecule has 19 heavy (non-hydrogen) atoms. The van der Waals surface area contributed by atoms with E-state index >= 15 is 0 Å². The Kier molecular flexibility index (Phi) is 2.93.